The first-order valence-electron chi connectivity index (χ1n) is 5.34. The number of hydrogen-bond acceptors (Lipinski definition) is 0. The molecule has 3 rings (SSSR count). The smallest absolute Gasteiger partial charge is 0.0611 e. The van der Waals surface area contributed by atoms with Crippen molar-refractivity contribution in [3.8, 4) is 0 Å². The summed E-state index contributed by atoms with van der Waals surface area (Å²) in [5.41, 5.74) is 4.95. The van der Waals surface area contributed by atoms with E-state index in [4.69, 9.17) is 0 Å². The molecule has 1 N–H and O–H groups in total. The van der Waals surface area contributed by atoms with Gasteiger partial charge in [0.1, 0.15) is 0 Å². The van der Waals surface area contributed by atoms with Crippen molar-refractivity contribution >= 4 is 37.7 Å². The van der Waals surface area contributed by atoms with Crippen LogP contribution >= 0.6 is 15.9 Å². The van der Waals surface area contributed by atoms with Gasteiger partial charge < -0.3 is 4.98 Å². The minimum atomic E-state index is 1.17. The van der Waals surface area contributed by atoms with E-state index in [2.05, 4.69) is 65.1 Å². The first-order chi connectivity index (χ1) is 7.66. The van der Waals surface area contributed by atoms with Crippen LogP contribution in [0.2, 0.25) is 0 Å². The Morgan fingerprint density at radius 2 is 1.75 bits per heavy atom. The van der Waals surface area contributed by atoms with Crippen molar-refractivity contribution in [3.63, 3.8) is 0 Å². The fraction of sp³-hybridized carbons (Fsp3) is 0.143. The van der Waals surface area contributed by atoms with Gasteiger partial charge in [-0.05, 0) is 47.0 Å². The van der Waals surface area contributed by atoms with Crippen molar-refractivity contribution in [3.05, 3.63) is 45.9 Å². The molecule has 1 heterocycles. The van der Waals surface area contributed by atoms with E-state index in [0.717, 1.165) is 0 Å². The number of nitrogens with one attached hydrogen (secondary N) is 1. The van der Waals surface area contributed by atoms with E-state index in [1.165, 1.54) is 37.4 Å². The van der Waals surface area contributed by atoms with Crippen LogP contribution in [0.3, 0.4) is 0 Å². The summed E-state index contributed by atoms with van der Waals surface area (Å²) in [5, 5.41) is 2.58. The molecule has 0 aliphatic rings. The average Bonchev–Trinajstić information content (AvgIpc) is 2.62. The lowest BCUT2D eigenvalue weighted by atomic mass is 10.1. The molecule has 0 aliphatic heterocycles. The van der Waals surface area contributed by atoms with Crippen LogP contribution in [0.5, 0.6) is 0 Å². The maximum absolute atomic E-state index is 3.65. The quantitative estimate of drug-likeness (QED) is 0.611. The Morgan fingerprint density at radius 1 is 1.00 bits per heavy atom. The highest BCUT2D eigenvalue weighted by atomic mass is 79.9. The maximum atomic E-state index is 3.65. The lowest BCUT2D eigenvalue weighted by molar-refractivity contribution is 1.43. The highest BCUT2D eigenvalue weighted by Crippen LogP contribution is 2.32. The summed E-state index contributed by atoms with van der Waals surface area (Å²) in [4.78, 5) is 3.48. The number of benzene rings is 2. The molecule has 0 amide bonds. The molecule has 80 valence electrons. The third kappa shape index (κ3) is 1.30. The number of aryl methyl sites for hydroxylation is 2. The lowest BCUT2D eigenvalue weighted by Crippen LogP contribution is -1.76. The molecule has 0 atom stereocenters. The van der Waals surface area contributed by atoms with Crippen molar-refractivity contribution in [1.82, 2.24) is 4.98 Å². The highest BCUT2D eigenvalue weighted by Gasteiger charge is 2.08. The fourth-order valence-electron chi connectivity index (χ4n) is 2.16. The Morgan fingerprint density at radius 3 is 2.56 bits per heavy atom. The van der Waals surface area contributed by atoms with Crippen molar-refractivity contribution in [1.29, 1.82) is 0 Å². The van der Waals surface area contributed by atoms with Crippen LogP contribution in [-0.2, 0) is 0 Å². The van der Waals surface area contributed by atoms with Gasteiger partial charge in [0.05, 0.1) is 5.52 Å². The second-order valence-electron chi connectivity index (χ2n) is 4.29. The number of aromatic nitrogens is 1. The number of H-pyrrole nitrogens is 1. The summed E-state index contributed by atoms with van der Waals surface area (Å²) in [5.74, 6) is 0. The number of rotatable bonds is 0. The molecular formula is C14H12BrN. The molecule has 16 heavy (non-hydrogen) atoms. The van der Waals surface area contributed by atoms with Crippen LogP contribution in [0, 0.1) is 13.8 Å². The number of aromatic amines is 1. The van der Waals surface area contributed by atoms with Crippen LogP contribution in [0.25, 0.3) is 21.8 Å². The van der Waals surface area contributed by atoms with E-state index in [-0.39, 0.29) is 0 Å². The van der Waals surface area contributed by atoms with Gasteiger partial charge in [-0.25, -0.2) is 0 Å². The normalized spacial score (nSPS) is 11.4. The maximum Gasteiger partial charge on any atom is 0.0611 e. The second kappa shape index (κ2) is 3.36. The third-order valence-electron chi connectivity index (χ3n) is 3.06. The van der Waals surface area contributed by atoms with E-state index in [1.807, 2.05) is 0 Å². The Kier molecular flexibility index (Phi) is 2.08. The largest absolute Gasteiger partial charge is 0.354 e. The molecule has 0 fully saturated rings. The zero-order valence-corrected chi connectivity index (χ0v) is 10.9. The Bertz CT molecular complexity index is 695. The van der Waals surface area contributed by atoms with Gasteiger partial charge in [-0.15, -0.1) is 0 Å². The Labute approximate surface area is 103 Å². The van der Waals surface area contributed by atoms with E-state index < -0.39 is 0 Å². The number of hydrogen-bond donors (Lipinski definition) is 1. The van der Waals surface area contributed by atoms with Crippen LogP contribution in [0.4, 0.5) is 0 Å². The van der Waals surface area contributed by atoms with Gasteiger partial charge in [-0.3, -0.25) is 0 Å². The first-order valence-corrected chi connectivity index (χ1v) is 6.13. The van der Waals surface area contributed by atoms with Crippen molar-refractivity contribution in [2.75, 3.05) is 0 Å². The minimum absolute atomic E-state index is 1.17. The summed E-state index contributed by atoms with van der Waals surface area (Å²) < 4.78 is 1.17. The van der Waals surface area contributed by atoms with E-state index in [0.29, 0.717) is 0 Å². The standard InChI is InChI=1S/C14H12BrN/c1-8-3-5-10-11-6-4-9(2)13(15)14(11)16-12(10)7-8/h3-7,16H,1-2H3. The average molecular weight is 274 g/mol. The van der Waals surface area contributed by atoms with Crippen molar-refractivity contribution < 1.29 is 0 Å². The molecule has 0 saturated heterocycles. The first kappa shape index (κ1) is 9.91. The summed E-state index contributed by atoms with van der Waals surface area (Å²) in [6.07, 6.45) is 0. The molecule has 0 spiro atoms. The van der Waals surface area contributed by atoms with Gasteiger partial charge in [0, 0.05) is 20.8 Å². The van der Waals surface area contributed by atoms with Gasteiger partial charge in [0.2, 0.25) is 0 Å². The molecule has 2 heteroatoms. The van der Waals surface area contributed by atoms with E-state index in [1.54, 1.807) is 0 Å². The van der Waals surface area contributed by atoms with Crippen LogP contribution < -0.4 is 0 Å². The molecule has 0 aliphatic carbocycles. The predicted octanol–water partition coefficient (Wildman–Crippen LogP) is 4.70. The SMILES string of the molecule is Cc1ccc2c(c1)[nH]c1c(Br)c(C)ccc12. The second-order valence-corrected chi connectivity index (χ2v) is 5.09. The predicted molar refractivity (Wildman–Crippen MR) is 73.0 cm³/mol. The lowest BCUT2D eigenvalue weighted by Gasteiger charge is -1.98. The molecule has 3 aromatic rings. The number of fused-ring (bicyclic) bond motifs is 3. The number of halogens is 1. The van der Waals surface area contributed by atoms with Crippen molar-refractivity contribution in [2.24, 2.45) is 0 Å². The minimum Gasteiger partial charge on any atom is -0.354 e. The topological polar surface area (TPSA) is 15.8 Å². The highest BCUT2D eigenvalue weighted by molar-refractivity contribution is 9.10. The van der Waals surface area contributed by atoms with Gasteiger partial charge in [-0.1, -0.05) is 24.3 Å². The summed E-state index contributed by atoms with van der Waals surface area (Å²) >= 11 is 3.65. The van der Waals surface area contributed by atoms with E-state index in [9.17, 15) is 0 Å². The van der Waals surface area contributed by atoms with Crippen LogP contribution in [0.1, 0.15) is 11.1 Å². The van der Waals surface area contributed by atoms with E-state index >= 15 is 0 Å². The van der Waals surface area contributed by atoms with Gasteiger partial charge in [0.15, 0.2) is 0 Å². The van der Waals surface area contributed by atoms with Crippen molar-refractivity contribution in [2.45, 2.75) is 13.8 Å². The molecule has 1 nitrogen and oxygen atoms in total. The zero-order valence-electron chi connectivity index (χ0n) is 9.26. The Balaban J connectivity index is 2.55. The van der Waals surface area contributed by atoms with Gasteiger partial charge in [0.25, 0.3) is 0 Å². The Hall–Kier alpha value is -1.28. The molecule has 1 aromatic heterocycles. The fourth-order valence-corrected chi connectivity index (χ4v) is 2.60. The van der Waals surface area contributed by atoms with Crippen LogP contribution in [0.15, 0.2) is 34.8 Å². The summed E-state index contributed by atoms with van der Waals surface area (Å²) in [7, 11) is 0. The molecular weight excluding hydrogens is 262 g/mol. The molecule has 2 aromatic carbocycles. The third-order valence-corrected chi connectivity index (χ3v) is 4.08. The zero-order chi connectivity index (χ0) is 11.3. The molecule has 0 bridgehead atoms. The monoisotopic (exact) mass is 273 g/mol. The summed E-state index contributed by atoms with van der Waals surface area (Å²) in [6, 6.07) is 10.9. The molecule has 0 unspecified atom stereocenters. The molecule has 0 radical (unpaired) electrons. The van der Waals surface area contributed by atoms with Gasteiger partial charge in [-0.2, -0.15) is 0 Å². The van der Waals surface area contributed by atoms with Crippen LogP contribution in [-0.4, -0.2) is 4.98 Å². The molecule has 0 saturated carbocycles. The summed E-state index contributed by atoms with van der Waals surface area (Å²) in [6.45, 7) is 4.23. The van der Waals surface area contributed by atoms with Gasteiger partial charge >= 0.3 is 0 Å².